The summed E-state index contributed by atoms with van der Waals surface area (Å²) in [5.41, 5.74) is 1.66. The van der Waals surface area contributed by atoms with Gasteiger partial charge in [-0.3, -0.25) is 0 Å². The zero-order valence-corrected chi connectivity index (χ0v) is 11.5. The highest BCUT2D eigenvalue weighted by Crippen LogP contribution is 2.73. The lowest BCUT2D eigenvalue weighted by Gasteiger charge is -2.31. The van der Waals surface area contributed by atoms with Crippen LogP contribution in [0.4, 0.5) is 0 Å². The second-order valence-electron chi connectivity index (χ2n) is 6.07. The zero-order chi connectivity index (χ0) is 13.0. The monoisotopic (exact) mass is 256 g/mol. The maximum Gasteiger partial charge on any atom is 0.0805 e. The molecule has 4 bridgehead atoms. The SMILES string of the molecule is COC1C=CC2C3CC1C(OC)C23c1ccccc1. The number of allylic oxidation sites excluding steroid dienone is 1. The molecule has 0 heterocycles. The molecule has 6 unspecified atom stereocenters. The second-order valence-corrected chi connectivity index (χ2v) is 6.07. The fourth-order valence-electron chi connectivity index (χ4n) is 4.92. The Kier molecular flexibility index (Phi) is 2.42. The highest BCUT2D eigenvalue weighted by molar-refractivity contribution is 5.46. The first-order valence-corrected chi connectivity index (χ1v) is 7.13. The lowest BCUT2D eigenvalue weighted by Crippen LogP contribution is -2.37. The van der Waals surface area contributed by atoms with Gasteiger partial charge >= 0.3 is 0 Å². The Morgan fingerprint density at radius 1 is 1.05 bits per heavy atom. The van der Waals surface area contributed by atoms with Gasteiger partial charge in [0.25, 0.3) is 0 Å². The Hall–Kier alpha value is -1.12. The van der Waals surface area contributed by atoms with Crippen LogP contribution in [0.5, 0.6) is 0 Å². The summed E-state index contributed by atoms with van der Waals surface area (Å²) in [5.74, 6) is 1.87. The van der Waals surface area contributed by atoms with Crippen LogP contribution in [0.25, 0.3) is 0 Å². The van der Waals surface area contributed by atoms with Crippen molar-refractivity contribution < 1.29 is 9.47 Å². The topological polar surface area (TPSA) is 18.5 Å². The highest BCUT2D eigenvalue weighted by atomic mass is 16.5. The summed E-state index contributed by atoms with van der Waals surface area (Å²) in [6, 6.07) is 10.9. The van der Waals surface area contributed by atoms with E-state index in [0.717, 1.165) is 5.92 Å². The van der Waals surface area contributed by atoms with Crippen molar-refractivity contribution in [3.05, 3.63) is 48.0 Å². The fraction of sp³-hybridized carbons (Fsp3) is 0.529. The van der Waals surface area contributed by atoms with E-state index in [1.54, 1.807) is 0 Å². The molecule has 100 valence electrons. The minimum absolute atomic E-state index is 0.213. The molecule has 0 saturated heterocycles. The lowest BCUT2D eigenvalue weighted by atomic mass is 9.84. The molecule has 0 amide bonds. The molecule has 0 aromatic heterocycles. The molecule has 0 radical (unpaired) electrons. The normalized spacial score (nSPS) is 46.1. The molecule has 1 aromatic carbocycles. The minimum Gasteiger partial charge on any atom is -0.380 e. The smallest absolute Gasteiger partial charge is 0.0805 e. The van der Waals surface area contributed by atoms with E-state index in [4.69, 9.17) is 9.47 Å². The van der Waals surface area contributed by atoms with E-state index in [2.05, 4.69) is 42.5 Å². The average molecular weight is 256 g/mol. The molecule has 2 fully saturated rings. The first kappa shape index (κ1) is 11.7. The third-order valence-corrected chi connectivity index (χ3v) is 5.61. The summed E-state index contributed by atoms with van der Waals surface area (Å²) in [6.07, 6.45) is 6.36. The molecule has 1 aromatic rings. The van der Waals surface area contributed by atoms with Crippen LogP contribution in [0.2, 0.25) is 0 Å². The first-order valence-electron chi connectivity index (χ1n) is 7.13. The number of hydrogen-bond donors (Lipinski definition) is 0. The van der Waals surface area contributed by atoms with Gasteiger partial charge < -0.3 is 9.47 Å². The van der Waals surface area contributed by atoms with Crippen LogP contribution >= 0.6 is 0 Å². The van der Waals surface area contributed by atoms with E-state index in [0.29, 0.717) is 11.8 Å². The first-order chi connectivity index (χ1) is 9.33. The van der Waals surface area contributed by atoms with Gasteiger partial charge in [0.15, 0.2) is 0 Å². The van der Waals surface area contributed by atoms with Gasteiger partial charge in [-0.05, 0) is 23.8 Å². The van der Waals surface area contributed by atoms with Gasteiger partial charge in [-0.1, -0.05) is 42.5 Å². The zero-order valence-electron chi connectivity index (χ0n) is 11.5. The number of rotatable bonds is 3. The molecule has 0 N–H and O–H groups in total. The van der Waals surface area contributed by atoms with Crippen LogP contribution in [0.3, 0.4) is 0 Å². The van der Waals surface area contributed by atoms with Gasteiger partial charge in [0, 0.05) is 25.6 Å². The van der Waals surface area contributed by atoms with E-state index in [-0.39, 0.29) is 17.6 Å². The van der Waals surface area contributed by atoms with E-state index >= 15 is 0 Å². The molecule has 0 aliphatic heterocycles. The summed E-state index contributed by atoms with van der Waals surface area (Å²) in [4.78, 5) is 0. The van der Waals surface area contributed by atoms with Crippen molar-refractivity contribution in [2.45, 2.75) is 24.0 Å². The van der Waals surface area contributed by atoms with Gasteiger partial charge in [-0.2, -0.15) is 0 Å². The van der Waals surface area contributed by atoms with Crippen LogP contribution in [0.1, 0.15) is 12.0 Å². The van der Waals surface area contributed by atoms with Crippen LogP contribution in [-0.2, 0) is 14.9 Å². The summed E-state index contributed by atoms with van der Waals surface area (Å²) in [5, 5.41) is 0. The van der Waals surface area contributed by atoms with Gasteiger partial charge in [0.1, 0.15) is 0 Å². The van der Waals surface area contributed by atoms with Crippen LogP contribution in [0, 0.1) is 17.8 Å². The van der Waals surface area contributed by atoms with Gasteiger partial charge in [-0.15, -0.1) is 0 Å². The van der Waals surface area contributed by atoms with E-state index in [9.17, 15) is 0 Å². The number of methoxy groups -OCH3 is 2. The van der Waals surface area contributed by atoms with Crippen molar-refractivity contribution in [3.8, 4) is 0 Å². The van der Waals surface area contributed by atoms with Gasteiger partial charge in [0.05, 0.1) is 12.2 Å². The third kappa shape index (κ3) is 1.29. The number of hydrogen-bond acceptors (Lipinski definition) is 2. The molecule has 2 saturated carbocycles. The number of ether oxygens (including phenoxy) is 2. The predicted molar refractivity (Wildman–Crippen MR) is 73.9 cm³/mol. The number of benzene rings is 1. The molecule has 2 nitrogen and oxygen atoms in total. The van der Waals surface area contributed by atoms with Gasteiger partial charge in [0.2, 0.25) is 0 Å². The van der Waals surface area contributed by atoms with Crippen LogP contribution in [-0.4, -0.2) is 26.4 Å². The quantitative estimate of drug-likeness (QED) is 0.774. The van der Waals surface area contributed by atoms with Crippen molar-refractivity contribution in [1.82, 2.24) is 0 Å². The van der Waals surface area contributed by atoms with Crippen LogP contribution < -0.4 is 0 Å². The molecule has 19 heavy (non-hydrogen) atoms. The number of fused-ring (bicyclic) bond motifs is 1. The van der Waals surface area contributed by atoms with Crippen molar-refractivity contribution in [3.63, 3.8) is 0 Å². The van der Waals surface area contributed by atoms with Crippen molar-refractivity contribution in [1.29, 1.82) is 0 Å². The minimum atomic E-state index is 0.213. The molecule has 4 aliphatic rings. The predicted octanol–water partition coefficient (Wildman–Crippen LogP) is 2.79. The Morgan fingerprint density at radius 3 is 2.53 bits per heavy atom. The lowest BCUT2D eigenvalue weighted by molar-refractivity contribution is -0.0168. The molecule has 0 spiro atoms. The largest absolute Gasteiger partial charge is 0.380 e. The maximum atomic E-state index is 5.95. The molecular weight excluding hydrogens is 236 g/mol. The summed E-state index contributed by atoms with van der Waals surface area (Å²) in [7, 11) is 3.67. The summed E-state index contributed by atoms with van der Waals surface area (Å²) >= 11 is 0. The molecule has 5 rings (SSSR count). The Morgan fingerprint density at radius 2 is 1.84 bits per heavy atom. The Labute approximate surface area is 114 Å². The highest BCUT2D eigenvalue weighted by Gasteiger charge is 2.75. The van der Waals surface area contributed by atoms with E-state index in [1.165, 1.54) is 12.0 Å². The second kappa shape index (κ2) is 3.94. The van der Waals surface area contributed by atoms with E-state index in [1.807, 2.05) is 14.2 Å². The Balaban J connectivity index is 1.81. The van der Waals surface area contributed by atoms with E-state index < -0.39 is 0 Å². The molecule has 4 aliphatic carbocycles. The van der Waals surface area contributed by atoms with Crippen molar-refractivity contribution in [2.75, 3.05) is 14.2 Å². The maximum absolute atomic E-state index is 5.95. The summed E-state index contributed by atoms with van der Waals surface area (Å²) in [6.45, 7) is 0. The van der Waals surface area contributed by atoms with Crippen molar-refractivity contribution in [2.24, 2.45) is 17.8 Å². The standard InChI is InChI=1S/C17H20O2/c1-18-15-9-8-13-14-10-12(15)16(19-2)17(13,14)11-6-4-3-5-7-11/h3-9,12-16H,10H2,1-2H3. The summed E-state index contributed by atoms with van der Waals surface area (Å²) < 4.78 is 11.6. The molecular formula is C17H20O2. The molecule has 6 atom stereocenters. The third-order valence-electron chi connectivity index (χ3n) is 5.61. The van der Waals surface area contributed by atoms with Crippen LogP contribution in [0.15, 0.2) is 42.5 Å². The fourth-order valence-corrected chi connectivity index (χ4v) is 4.92. The molecule has 2 heteroatoms. The van der Waals surface area contributed by atoms with Crippen molar-refractivity contribution >= 4 is 0 Å². The van der Waals surface area contributed by atoms with Gasteiger partial charge in [-0.25, -0.2) is 0 Å². The average Bonchev–Trinajstić information content (AvgIpc) is 3.05. The Bertz CT molecular complexity index is 509.